The molecule has 0 spiro atoms. The summed E-state index contributed by atoms with van der Waals surface area (Å²) in [6.07, 6.45) is 0.826. The standard InChI is InChI=1S/C17H18ClNO2/c1-2-11-21-17(20)14-5-9-16(10-6-14)19-12-13-3-7-15(18)8-4-13/h3-10,19H,2,11-12H2,1H3. The van der Waals surface area contributed by atoms with Crippen LogP contribution < -0.4 is 5.32 Å². The summed E-state index contributed by atoms with van der Waals surface area (Å²) >= 11 is 5.85. The van der Waals surface area contributed by atoms with Crippen LogP contribution in [0.15, 0.2) is 48.5 Å². The summed E-state index contributed by atoms with van der Waals surface area (Å²) in [4.78, 5) is 11.7. The van der Waals surface area contributed by atoms with Crippen LogP contribution in [0.2, 0.25) is 5.02 Å². The van der Waals surface area contributed by atoms with Crippen molar-refractivity contribution in [2.45, 2.75) is 19.9 Å². The van der Waals surface area contributed by atoms with E-state index in [9.17, 15) is 4.79 Å². The Kier molecular flexibility index (Phi) is 5.64. The summed E-state index contributed by atoms with van der Waals surface area (Å²) in [6.45, 7) is 3.13. The van der Waals surface area contributed by atoms with Gasteiger partial charge in [0.25, 0.3) is 0 Å². The number of halogens is 1. The summed E-state index contributed by atoms with van der Waals surface area (Å²) in [6, 6.07) is 15.0. The zero-order valence-corrected chi connectivity index (χ0v) is 12.7. The van der Waals surface area contributed by atoms with Crippen LogP contribution in [-0.2, 0) is 11.3 Å². The van der Waals surface area contributed by atoms with Crippen LogP contribution in [0.5, 0.6) is 0 Å². The normalized spacial score (nSPS) is 10.2. The molecule has 0 amide bonds. The summed E-state index contributed by atoms with van der Waals surface area (Å²) in [5, 5.41) is 4.02. The van der Waals surface area contributed by atoms with Crippen LogP contribution in [0.3, 0.4) is 0 Å². The smallest absolute Gasteiger partial charge is 0.338 e. The zero-order chi connectivity index (χ0) is 15.1. The van der Waals surface area contributed by atoms with E-state index >= 15 is 0 Å². The Bertz CT molecular complexity index is 579. The molecule has 0 atom stereocenters. The Balaban J connectivity index is 1.90. The van der Waals surface area contributed by atoms with E-state index in [1.807, 2.05) is 43.3 Å². The van der Waals surface area contributed by atoms with E-state index in [0.717, 1.165) is 22.7 Å². The van der Waals surface area contributed by atoms with E-state index < -0.39 is 0 Å². The van der Waals surface area contributed by atoms with Crippen LogP contribution in [-0.4, -0.2) is 12.6 Å². The summed E-state index contributed by atoms with van der Waals surface area (Å²) in [5.74, 6) is -0.277. The Labute approximate surface area is 129 Å². The highest BCUT2D eigenvalue weighted by atomic mass is 35.5. The molecule has 2 aromatic rings. The number of nitrogens with one attached hydrogen (secondary N) is 1. The fourth-order valence-corrected chi connectivity index (χ4v) is 1.93. The lowest BCUT2D eigenvalue weighted by atomic mass is 10.2. The summed E-state index contributed by atoms with van der Waals surface area (Å²) in [7, 11) is 0. The molecule has 21 heavy (non-hydrogen) atoms. The Hall–Kier alpha value is -2.00. The number of carbonyl (C=O) groups excluding carboxylic acids is 1. The van der Waals surface area contributed by atoms with Crippen molar-refractivity contribution < 1.29 is 9.53 Å². The molecule has 0 aromatic heterocycles. The molecule has 0 aliphatic heterocycles. The van der Waals surface area contributed by atoms with Crippen molar-refractivity contribution >= 4 is 23.3 Å². The maximum atomic E-state index is 11.7. The van der Waals surface area contributed by atoms with Crippen LogP contribution in [0.4, 0.5) is 5.69 Å². The molecule has 0 saturated carbocycles. The molecule has 0 heterocycles. The lowest BCUT2D eigenvalue weighted by Gasteiger charge is -2.08. The van der Waals surface area contributed by atoms with Crippen molar-refractivity contribution in [1.29, 1.82) is 0 Å². The highest BCUT2D eigenvalue weighted by molar-refractivity contribution is 6.30. The Morgan fingerprint density at radius 3 is 2.38 bits per heavy atom. The number of hydrogen-bond donors (Lipinski definition) is 1. The van der Waals surface area contributed by atoms with Gasteiger partial charge < -0.3 is 10.1 Å². The molecule has 0 bridgehead atoms. The van der Waals surface area contributed by atoms with Crippen molar-refractivity contribution in [3.8, 4) is 0 Å². The maximum Gasteiger partial charge on any atom is 0.338 e. The molecule has 0 fully saturated rings. The second kappa shape index (κ2) is 7.70. The van der Waals surface area contributed by atoms with Crippen LogP contribution in [0.25, 0.3) is 0 Å². The van der Waals surface area contributed by atoms with Gasteiger partial charge in [-0.1, -0.05) is 30.7 Å². The largest absolute Gasteiger partial charge is 0.462 e. The first kappa shape index (κ1) is 15.4. The second-order valence-electron chi connectivity index (χ2n) is 4.69. The predicted molar refractivity (Wildman–Crippen MR) is 85.8 cm³/mol. The van der Waals surface area contributed by atoms with Gasteiger partial charge in [-0.05, 0) is 48.4 Å². The molecule has 2 aromatic carbocycles. The third kappa shape index (κ3) is 4.80. The van der Waals surface area contributed by atoms with Crippen LogP contribution in [0.1, 0.15) is 29.3 Å². The quantitative estimate of drug-likeness (QED) is 0.797. The van der Waals surface area contributed by atoms with E-state index in [4.69, 9.17) is 16.3 Å². The van der Waals surface area contributed by atoms with Crippen LogP contribution in [0, 0.1) is 0 Å². The average Bonchev–Trinajstić information content (AvgIpc) is 2.52. The lowest BCUT2D eigenvalue weighted by molar-refractivity contribution is 0.0505. The van der Waals surface area contributed by atoms with E-state index in [-0.39, 0.29) is 5.97 Å². The van der Waals surface area contributed by atoms with E-state index in [1.165, 1.54) is 0 Å². The summed E-state index contributed by atoms with van der Waals surface area (Å²) < 4.78 is 5.09. The van der Waals surface area contributed by atoms with Crippen LogP contribution >= 0.6 is 11.6 Å². The first-order chi connectivity index (χ1) is 10.2. The number of ether oxygens (including phenoxy) is 1. The van der Waals surface area contributed by atoms with Crippen molar-refractivity contribution in [1.82, 2.24) is 0 Å². The van der Waals surface area contributed by atoms with Gasteiger partial charge in [0.15, 0.2) is 0 Å². The number of esters is 1. The highest BCUT2D eigenvalue weighted by Crippen LogP contribution is 2.14. The van der Waals surface area contributed by atoms with Gasteiger partial charge in [0.05, 0.1) is 12.2 Å². The predicted octanol–water partition coefficient (Wildman–Crippen LogP) is 4.52. The third-order valence-corrected chi connectivity index (χ3v) is 3.22. The number of hydrogen-bond acceptors (Lipinski definition) is 3. The van der Waals surface area contributed by atoms with Crippen molar-refractivity contribution in [2.75, 3.05) is 11.9 Å². The van der Waals surface area contributed by atoms with Gasteiger partial charge >= 0.3 is 5.97 Å². The minimum atomic E-state index is -0.277. The molecule has 0 radical (unpaired) electrons. The molecule has 0 unspecified atom stereocenters. The molecule has 2 rings (SSSR count). The van der Waals surface area contributed by atoms with Gasteiger partial charge in [-0.25, -0.2) is 4.79 Å². The number of rotatable bonds is 6. The molecule has 0 aliphatic rings. The van der Waals surface area contributed by atoms with Gasteiger partial charge in [0.1, 0.15) is 0 Å². The zero-order valence-electron chi connectivity index (χ0n) is 11.9. The fourth-order valence-electron chi connectivity index (χ4n) is 1.81. The Morgan fingerprint density at radius 1 is 1.10 bits per heavy atom. The molecular formula is C17H18ClNO2. The van der Waals surface area contributed by atoms with Crippen molar-refractivity contribution in [3.63, 3.8) is 0 Å². The highest BCUT2D eigenvalue weighted by Gasteiger charge is 2.05. The molecular weight excluding hydrogens is 286 g/mol. The minimum absolute atomic E-state index is 0.277. The van der Waals surface area contributed by atoms with Gasteiger partial charge in [-0.2, -0.15) is 0 Å². The van der Waals surface area contributed by atoms with Gasteiger partial charge in [0.2, 0.25) is 0 Å². The van der Waals surface area contributed by atoms with E-state index in [1.54, 1.807) is 12.1 Å². The molecule has 3 nitrogen and oxygen atoms in total. The number of carbonyl (C=O) groups is 1. The van der Waals surface area contributed by atoms with E-state index in [0.29, 0.717) is 18.7 Å². The van der Waals surface area contributed by atoms with Gasteiger partial charge in [-0.15, -0.1) is 0 Å². The molecule has 0 saturated heterocycles. The van der Waals surface area contributed by atoms with Crippen molar-refractivity contribution in [2.24, 2.45) is 0 Å². The maximum absolute atomic E-state index is 11.7. The third-order valence-electron chi connectivity index (χ3n) is 2.97. The summed E-state index contributed by atoms with van der Waals surface area (Å²) in [5.41, 5.74) is 2.67. The minimum Gasteiger partial charge on any atom is -0.462 e. The topological polar surface area (TPSA) is 38.3 Å². The fraction of sp³-hybridized carbons (Fsp3) is 0.235. The second-order valence-corrected chi connectivity index (χ2v) is 5.13. The number of anilines is 1. The van der Waals surface area contributed by atoms with Gasteiger partial charge in [0, 0.05) is 17.3 Å². The molecule has 110 valence electrons. The SMILES string of the molecule is CCCOC(=O)c1ccc(NCc2ccc(Cl)cc2)cc1. The van der Waals surface area contributed by atoms with E-state index in [2.05, 4.69) is 5.32 Å². The number of benzene rings is 2. The molecule has 4 heteroatoms. The monoisotopic (exact) mass is 303 g/mol. The average molecular weight is 304 g/mol. The Morgan fingerprint density at radius 2 is 1.76 bits per heavy atom. The molecule has 1 N–H and O–H groups in total. The van der Waals surface area contributed by atoms with Gasteiger partial charge in [-0.3, -0.25) is 0 Å². The lowest BCUT2D eigenvalue weighted by Crippen LogP contribution is -2.06. The molecule has 0 aliphatic carbocycles. The first-order valence-corrected chi connectivity index (χ1v) is 7.32. The van der Waals surface area contributed by atoms with Crippen molar-refractivity contribution in [3.05, 3.63) is 64.7 Å². The first-order valence-electron chi connectivity index (χ1n) is 6.94.